The monoisotopic (exact) mass is 185 g/mol. The Balaban J connectivity index is 0. The molecular formula is C5H8NNaO3S. The van der Waals surface area contributed by atoms with E-state index in [1.165, 1.54) is 0 Å². The molecule has 0 saturated heterocycles. The van der Waals surface area contributed by atoms with Crippen LogP contribution in [0.3, 0.4) is 0 Å². The third kappa shape index (κ3) is 10.1. The van der Waals surface area contributed by atoms with E-state index in [1.807, 2.05) is 0 Å². The zero-order valence-corrected chi connectivity index (χ0v) is 6.06. The van der Waals surface area contributed by atoms with Crippen LogP contribution in [-0.2, 0) is 10.1 Å². The van der Waals surface area contributed by atoms with Crippen molar-refractivity contribution in [2.75, 3.05) is 5.75 Å². The van der Waals surface area contributed by atoms with Gasteiger partial charge in [0.1, 0.15) is 0 Å². The summed E-state index contributed by atoms with van der Waals surface area (Å²) in [4.78, 5) is 0. The molecule has 0 aromatic rings. The first-order chi connectivity index (χ1) is 4.45. The minimum absolute atomic E-state index is 0. The number of hydrogen-bond donors (Lipinski definition) is 1. The summed E-state index contributed by atoms with van der Waals surface area (Å²) in [5.74, 6) is -0.431. The Labute approximate surface area is 87.9 Å². The summed E-state index contributed by atoms with van der Waals surface area (Å²) in [5.41, 5.74) is 0.151. The predicted octanol–water partition coefficient (Wildman–Crippen LogP) is -0.304. The SMILES string of the molecule is C=C(C#N)CCS(=O)(=O)O.[NaH]. The molecule has 0 rings (SSSR count). The van der Waals surface area contributed by atoms with Gasteiger partial charge in [0.25, 0.3) is 10.1 Å². The van der Waals surface area contributed by atoms with Gasteiger partial charge in [0.2, 0.25) is 0 Å². The van der Waals surface area contributed by atoms with E-state index < -0.39 is 15.9 Å². The van der Waals surface area contributed by atoms with Crippen molar-refractivity contribution in [1.29, 1.82) is 5.26 Å². The number of nitriles is 1. The molecule has 0 amide bonds. The standard InChI is InChI=1S/C5H7NO3S.Na.H/c1-5(4-6)2-3-10(7,8)9;;/h1-3H2,(H,7,8,9);;. The summed E-state index contributed by atoms with van der Waals surface area (Å²) in [6.45, 7) is 3.24. The summed E-state index contributed by atoms with van der Waals surface area (Å²) >= 11 is 0. The maximum absolute atomic E-state index is 10.1. The molecule has 0 saturated carbocycles. The summed E-state index contributed by atoms with van der Waals surface area (Å²) in [5, 5.41) is 8.11. The average molecular weight is 185 g/mol. The van der Waals surface area contributed by atoms with Crippen molar-refractivity contribution < 1.29 is 13.0 Å². The molecule has 0 bridgehead atoms. The van der Waals surface area contributed by atoms with Crippen LogP contribution in [0, 0.1) is 11.3 Å². The molecule has 0 radical (unpaired) electrons. The van der Waals surface area contributed by atoms with Gasteiger partial charge in [0.15, 0.2) is 0 Å². The quantitative estimate of drug-likeness (QED) is 0.372. The van der Waals surface area contributed by atoms with Gasteiger partial charge >= 0.3 is 29.6 Å². The van der Waals surface area contributed by atoms with Gasteiger partial charge in [-0.05, 0) is 6.42 Å². The Morgan fingerprint density at radius 1 is 1.64 bits per heavy atom. The molecule has 0 aliphatic heterocycles. The first kappa shape index (κ1) is 13.7. The molecule has 0 atom stereocenters. The molecule has 4 nitrogen and oxygen atoms in total. The number of hydrogen-bond acceptors (Lipinski definition) is 3. The van der Waals surface area contributed by atoms with Crippen molar-refractivity contribution in [1.82, 2.24) is 0 Å². The van der Waals surface area contributed by atoms with Crippen LogP contribution in [0.15, 0.2) is 12.2 Å². The summed E-state index contributed by atoms with van der Waals surface area (Å²) in [6, 6.07) is 1.67. The molecule has 0 fully saturated rings. The molecule has 0 heterocycles. The van der Waals surface area contributed by atoms with Crippen molar-refractivity contribution in [3.05, 3.63) is 12.2 Å². The van der Waals surface area contributed by atoms with Crippen LogP contribution in [0.4, 0.5) is 0 Å². The third-order valence-corrected chi connectivity index (χ3v) is 1.54. The van der Waals surface area contributed by atoms with Gasteiger partial charge in [-0.25, -0.2) is 0 Å². The van der Waals surface area contributed by atoms with E-state index in [9.17, 15) is 8.42 Å². The van der Waals surface area contributed by atoms with E-state index in [-0.39, 0.29) is 41.6 Å². The first-order valence-electron chi connectivity index (χ1n) is 2.49. The van der Waals surface area contributed by atoms with E-state index in [0.29, 0.717) is 0 Å². The van der Waals surface area contributed by atoms with Crippen LogP contribution in [-0.4, -0.2) is 48.3 Å². The average Bonchev–Trinajstić information content (AvgIpc) is 1.81. The Bertz CT molecular complexity index is 264. The van der Waals surface area contributed by atoms with E-state index in [0.717, 1.165) is 0 Å². The number of nitrogens with zero attached hydrogens (tertiary/aromatic N) is 1. The second kappa shape index (κ2) is 5.75. The Kier molecular flexibility index (Phi) is 7.16. The fraction of sp³-hybridized carbons (Fsp3) is 0.400. The van der Waals surface area contributed by atoms with Crippen molar-refractivity contribution in [3.63, 3.8) is 0 Å². The van der Waals surface area contributed by atoms with Gasteiger partial charge in [-0.3, -0.25) is 4.55 Å². The Morgan fingerprint density at radius 2 is 2.09 bits per heavy atom. The van der Waals surface area contributed by atoms with Crippen molar-refractivity contribution in [2.24, 2.45) is 0 Å². The first-order valence-corrected chi connectivity index (χ1v) is 4.09. The number of allylic oxidation sites excluding steroid dienone is 1. The summed E-state index contributed by atoms with van der Waals surface area (Å²) in [6.07, 6.45) is -0.00463. The molecule has 11 heavy (non-hydrogen) atoms. The second-order valence-electron chi connectivity index (χ2n) is 1.75. The van der Waals surface area contributed by atoms with E-state index in [4.69, 9.17) is 9.81 Å². The van der Waals surface area contributed by atoms with Crippen molar-refractivity contribution in [3.8, 4) is 6.07 Å². The van der Waals surface area contributed by atoms with E-state index >= 15 is 0 Å². The van der Waals surface area contributed by atoms with Crippen LogP contribution in [0.5, 0.6) is 0 Å². The van der Waals surface area contributed by atoms with Gasteiger partial charge in [-0.15, -0.1) is 0 Å². The normalized spacial score (nSPS) is 9.45. The van der Waals surface area contributed by atoms with Crippen LogP contribution in [0.25, 0.3) is 0 Å². The predicted molar refractivity (Wildman–Crippen MR) is 42.9 cm³/mol. The van der Waals surface area contributed by atoms with E-state index in [2.05, 4.69) is 6.58 Å². The van der Waals surface area contributed by atoms with Gasteiger partial charge in [-0.2, -0.15) is 13.7 Å². The molecule has 0 aliphatic carbocycles. The summed E-state index contributed by atoms with van der Waals surface area (Å²) < 4.78 is 28.3. The van der Waals surface area contributed by atoms with Crippen LogP contribution >= 0.6 is 0 Å². The molecule has 0 aromatic heterocycles. The van der Waals surface area contributed by atoms with Crippen LogP contribution in [0.2, 0.25) is 0 Å². The Hall–Kier alpha value is 0.140. The zero-order valence-electron chi connectivity index (χ0n) is 5.24. The molecule has 0 spiro atoms. The van der Waals surface area contributed by atoms with Crippen molar-refractivity contribution in [2.45, 2.75) is 6.42 Å². The summed E-state index contributed by atoms with van der Waals surface area (Å²) in [7, 11) is -3.94. The van der Waals surface area contributed by atoms with Crippen molar-refractivity contribution >= 4 is 39.7 Å². The fourth-order valence-corrected chi connectivity index (χ4v) is 0.812. The second-order valence-corrected chi connectivity index (χ2v) is 3.32. The fourth-order valence-electron chi connectivity index (χ4n) is 0.308. The van der Waals surface area contributed by atoms with Crippen LogP contribution in [0.1, 0.15) is 6.42 Å². The molecule has 0 aromatic carbocycles. The third-order valence-electron chi connectivity index (χ3n) is 0.820. The minimum atomic E-state index is -3.94. The molecule has 0 unspecified atom stereocenters. The van der Waals surface area contributed by atoms with Gasteiger partial charge in [-0.1, -0.05) is 6.58 Å². The topological polar surface area (TPSA) is 78.2 Å². The molecular weight excluding hydrogens is 177 g/mol. The Morgan fingerprint density at radius 3 is 2.36 bits per heavy atom. The molecule has 1 N–H and O–H groups in total. The number of rotatable bonds is 3. The van der Waals surface area contributed by atoms with E-state index in [1.54, 1.807) is 6.07 Å². The maximum atomic E-state index is 10.1. The van der Waals surface area contributed by atoms with Gasteiger partial charge < -0.3 is 0 Å². The molecule has 0 aliphatic rings. The van der Waals surface area contributed by atoms with Gasteiger partial charge in [0.05, 0.1) is 11.8 Å². The van der Waals surface area contributed by atoms with Gasteiger partial charge in [0, 0.05) is 5.57 Å². The molecule has 6 heteroatoms. The molecule has 58 valence electrons. The van der Waals surface area contributed by atoms with Crippen LogP contribution < -0.4 is 0 Å². The zero-order chi connectivity index (χ0) is 8.20.